The quantitative estimate of drug-likeness (QED) is 0.660. The van der Waals surface area contributed by atoms with E-state index in [4.69, 9.17) is 11.6 Å². The molecule has 2 nitrogen and oxygen atoms in total. The Morgan fingerprint density at radius 1 is 1.62 bits per heavy atom. The van der Waals surface area contributed by atoms with Gasteiger partial charge in [0, 0.05) is 18.3 Å². The summed E-state index contributed by atoms with van der Waals surface area (Å²) in [5.74, 6) is 1.60. The number of nitrogens with one attached hydrogen (secondary N) is 1. The molecule has 76 valence electrons. The number of rotatable bonds is 6. The van der Waals surface area contributed by atoms with E-state index in [9.17, 15) is 4.79 Å². The molecule has 1 N–H and O–H groups in total. The van der Waals surface area contributed by atoms with Crippen molar-refractivity contribution in [2.45, 2.75) is 45.1 Å². The van der Waals surface area contributed by atoms with Gasteiger partial charge in [0.2, 0.25) is 5.91 Å². The highest BCUT2D eigenvalue weighted by Gasteiger charge is 2.23. The second-order valence-corrected chi connectivity index (χ2v) is 4.32. The minimum atomic E-state index is 0.147. The largest absolute Gasteiger partial charge is 0.354 e. The van der Waals surface area contributed by atoms with Crippen LogP contribution >= 0.6 is 11.6 Å². The van der Waals surface area contributed by atoms with Crippen molar-refractivity contribution in [3.63, 3.8) is 0 Å². The number of carbonyl (C=O) groups is 1. The number of halogens is 1. The molecule has 0 heterocycles. The van der Waals surface area contributed by atoms with Gasteiger partial charge in [-0.25, -0.2) is 0 Å². The first-order chi connectivity index (χ1) is 6.22. The van der Waals surface area contributed by atoms with Crippen LogP contribution in [0, 0.1) is 5.92 Å². The minimum absolute atomic E-state index is 0.147. The summed E-state index contributed by atoms with van der Waals surface area (Å²) in [4.78, 5) is 11.2. The van der Waals surface area contributed by atoms with E-state index in [1.54, 1.807) is 0 Å². The molecule has 0 bridgehead atoms. The molecule has 0 aromatic carbocycles. The van der Waals surface area contributed by atoms with Gasteiger partial charge in [-0.15, -0.1) is 11.6 Å². The first kappa shape index (κ1) is 10.8. The second kappa shape index (κ2) is 5.48. The van der Waals surface area contributed by atoms with Crippen molar-refractivity contribution < 1.29 is 4.79 Å². The van der Waals surface area contributed by atoms with Gasteiger partial charge in [0.05, 0.1) is 0 Å². The lowest BCUT2D eigenvalue weighted by Gasteiger charge is -2.12. The Balaban J connectivity index is 2.03. The molecule has 13 heavy (non-hydrogen) atoms. The van der Waals surface area contributed by atoms with Crippen LogP contribution in [0.1, 0.15) is 39.0 Å². The monoisotopic (exact) mass is 203 g/mol. The van der Waals surface area contributed by atoms with Crippen LogP contribution < -0.4 is 5.32 Å². The Morgan fingerprint density at radius 3 is 2.85 bits per heavy atom. The smallest absolute Gasteiger partial charge is 0.220 e. The molecule has 0 aliphatic heterocycles. The molecule has 1 aliphatic rings. The maximum atomic E-state index is 11.2. The summed E-state index contributed by atoms with van der Waals surface area (Å²) in [5.41, 5.74) is 0. The summed E-state index contributed by atoms with van der Waals surface area (Å²) in [6, 6.07) is 0.343. The Kier molecular flexibility index (Phi) is 4.57. The molecule has 0 spiro atoms. The Morgan fingerprint density at radius 2 is 2.31 bits per heavy atom. The standard InChI is InChI=1S/C10H18ClNO/c1-8(7-9-4-5-9)12-10(13)3-2-6-11/h8-9H,2-7H2,1H3,(H,12,13). The lowest BCUT2D eigenvalue weighted by molar-refractivity contribution is -0.121. The minimum Gasteiger partial charge on any atom is -0.354 e. The third kappa shape index (κ3) is 5.14. The number of hydrogen-bond donors (Lipinski definition) is 1. The number of alkyl halides is 1. The summed E-state index contributed by atoms with van der Waals surface area (Å²) in [6.45, 7) is 2.08. The molecule has 0 aromatic heterocycles. The SMILES string of the molecule is CC(CC1CC1)NC(=O)CCCCl. The van der Waals surface area contributed by atoms with E-state index < -0.39 is 0 Å². The van der Waals surface area contributed by atoms with E-state index in [2.05, 4.69) is 12.2 Å². The van der Waals surface area contributed by atoms with Gasteiger partial charge in [-0.2, -0.15) is 0 Å². The summed E-state index contributed by atoms with van der Waals surface area (Å²) in [6.07, 6.45) is 5.19. The highest BCUT2D eigenvalue weighted by atomic mass is 35.5. The van der Waals surface area contributed by atoms with Gasteiger partial charge in [0.15, 0.2) is 0 Å². The molecular formula is C10H18ClNO. The van der Waals surface area contributed by atoms with Crippen molar-refractivity contribution in [2.24, 2.45) is 5.92 Å². The normalized spacial score (nSPS) is 18.3. The van der Waals surface area contributed by atoms with Gasteiger partial charge >= 0.3 is 0 Å². The number of carbonyl (C=O) groups excluding carboxylic acids is 1. The Labute approximate surface area is 85.0 Å². The second-order valence-electron chi connectivity index (χ2n) is 3.94. The van der Waals surface area contributed by atoms with Crippen LogP contribution in [0.4, 0.5) is 0 Å². The summed E-state index contributed by atoms with van der Waals surface area (Å²) in [7, 11) is 0. The van der Waals surface area contributed by atoms with Gasteiger partial charge in [-0.1, -0.05) is 12.8 Å². The van der Waals surface area contributed by atoms with Crippen molar-refractivity contribution in [1.82, 2.24) is 5.32 Å². The molecule has 1 fully saturated rings. The molecule has 1 aliphatic carbocycles. The van der Waals surface area contributed by atoms with E-state index in [0.717, 1.165) is 18.8 Å². The van der Waals surface area contributed by atoms with E-state index in [1.807, 2.05) is 0 Å². The highest BCUT2D eigenvalue weighted by molar-refractivity contribution is 6.17. The van der Waals surface area contributed by atoms with E-state index >= 15 is 0 Å². The predicted molar refractivity (Wildman–Crippen MR) is 54.9 cm³/mol. The van der Waals surface area contributed by atoms with E-state index in [1.165, 1.54) is 12.8 Å². The van der Waals surface area contributed by atoms with Crippen LogP contribution in [0.2, 0.25) is 0 Å². The summed E-state index contributed by atoms with van der Waals surface area (Å²) >= 11 is 5.50. The van der Waals surface area contributed by atoms with Crippen LogP contribution in [-0.4, -0.2) is 17.8 Å². The maximum Gasteiger partial charge on any atom is 0.220 e. The molecule has 0 aromatic rings. The Bertz CT molecular complexity index is 168. The highest BCUT2D eigenvalue weighted by Crippen LogP contribution is 2.33. The molecule has 1 rings (SSSR count). The van der Waals surface area contributed by atoms with Crippen LogP contribution in [0.25, 0.3) is 0 Å². The van der Waals surface area contributed by atoms with Gasteiger partial charge in [0.25, 0.3) is 0 Å². The third-order valence-electron chi connectivity index (χ3n) is 2.33. The van der Waals surface area contributed by atoms with Crippen LogP contribution in [0.15, 0.2) is 0 Å². The topological polar surface area (TPSA) is 29.1 Å². The zero-order valence-corrected chi connectivity index (χ0v) is 8.94. The summed E-state index contributed by atoms with van der Waals surface area (Å²) in [5, 5.41) is 2.99. The molecule has 1 saturated carbocycles. The first-order valence-corrected chi connectivity index (χ1v) is 5.61. The predicted octanol–water partition coefficient (Wildman–Crippen LogP) is 2.31. The van der Waals surface area contributed by atoms with Crippen molar-refractivity contribution >= 4 is 17.5 Å². The van der Waals surface area contributed by atoms with Crippen molar-refractivity contribution in [3.8, 4) is 0 Å². The van der Waals surface area contributed by atoms with Crippen LogP contribution in [0.3, 0.4) is 0 Å². The summed E-state index contributed by atoms with van der Waals surface area (Å²) < 4.78 is 0. The lowest BCUT2D eigenvalue weighted by Crippen LogP contribution is -2.32. The zero-order chi connectivity index (χ0) is 9.68. The van der Waals surface area contributed by atoms with Crippen LogP contribution in [0.5, 0.6) is 0 Å². The first-order valence-electron chi connectivity index (χ1n) is 5.07. The van der Waals surface area contributed by atoms with Crippen molar-refractivity contribution in [2.75, 3.05) is 5.88 Å². The molecule has 0 radical (unpaired) electrons. The molecular weight excluding hydrogens is 186 g/mol. The Hall–Kier alpha value is -0.240. The number of hydrogen-bond acceptors (Lipinski definition) is 1. The van der Waals surface area contributed by atoms with Gasteiger partial charge in [0.1, 0.15) is 0 Å². The third-order valence-corrected chi connectivity index (χ3v) is 2.60. The average Bonchev–Trinajstić information content (AvgIpc) is 2.84. The van der Waals surface area contributed by atoms with E-state index in [0.29, 0.717) is 18.3 Å². The molecule has 1 amide bonds. The lowest BCUT2D eigenvalue weighted by atomic mass is 10.1. The molecule has 3 heteroatoms. The number of amides is 1. The fourth-order valence-electron chi connectivity index (χ4n) is 1.49. The van der Waals surface area contributed by atoms with Gasteiger partial charge in [-0.05, 0) is 25.7 Å². The molecule has 1 atom stereocenters. The average molecular weight is 204 g/mol. The fourth-order valence-corrected chi connectivity index (χ4v) is 1.62. The molecule has 0 saturated heterocycles. The van der Waals surface area contributed by atoms with Crippen molar-refractivity contribution in [1.29, 1.82) is 0 Å². The zero-order valence-electron chi connectivity index (χ0n) is 8.18. The van der Waals surface area contributed by atoms with Gasteiger partial charge in [-0.3, -0.25) is 4.79 Å². The van der Waals surface area contributed by atoms with Gasteiger partial charge < -0.3 is 5.32 Å². The maximum absolute atomic E-state index is 11.2. The van der Waals surface area contributed by atoms with Crippen LogP contribution in [-0.2, 0) is 4.79 Å². The van der Waals surface area contributed by atoms with E-state index in [-0.39, 0.29) is 5.91 Å². The molecule has 1 unspecified atom stereocenters. The fraction of sp³-hybridized carbons (Fsp3) is 0.900. The van der Waals surface area contributed by atoms with Crippen molar-refractivity contribution in [3.05, 3.63) is 0 Å².